The van der Waals surface area contributed by atoms with Gasteiger partial charge in [0.15, 0.2) is 11.2 Å². The predicted molar refractivity (Wildman–Crippen MR) is 119 cm³/mol. The highest BCUT2D eigenvalue weighted by Crippen LogP contribution is 2.28. The lowest BCUT2D eigenvalue weighted by Crippen LogP contribution is -2.51. The summed E-state index contributed by atoms with van der Waals surface area (Å²) in [6.45, 7) is 1.52. The van der Waals surface area contributed by atoms with Crippen LogP contribution in [0.2, 0.25) is 15.1 Å². The quantitative estimate of drug-likeness (QED) is 0.346. The van der Waals surface area contributed by atoms with Gasteiger partial charge in [-0.2, -0.15) is 0 Å². The largest absolute Gasteiger partial charge is 0.479 e. The van der Waals surface area contributed by atoms with Crippen molar-refractivity contribution < 1.29 is 14.3 Å². The van der Waals surface area contributed by atoms with Gasteiger partial charge < -0.3 is 4.74 Å². The normalized spacial score (nSPS) is 11.6. The standard InChI is InChI=1S/C19H16Cl3N3O3S/c1-11(28-16-8-7-13(20)10-15(16)22)18(27)24-25-19(29)23-17(26)9-6-12-4-2-3-5-14(12)21/h2-11H,1H3,(H,24,27)(H2,23,25,26,29). The molecule has 2 aromatic carbocycles. The summed E-state index contributed by atoms with van der Waals surface area (Å²) >= 11 is 22.8. The third kappa shape index (κ3) is 7.55. The summed E-state index contributed by atoms with van der Waals surface area (Å²) < 4.78 is 5.48. The maximum absolute atomic E-state index is 12.1. The Balaban J connectivity index is 1.79. The van der Waals surface area contributed by atoms with Crippen molar-refractivity contribution in [1.29, 1.82) is 0 Å². The Bertz CT molecular complexity index is 953. The van der Waals surface area contributed by atoms with E-state index < -0.39 is 17.9 Å². The number of ether oxygens (including phenoxy) is 1. The molecule has 0 saturated carbocycles. The zero-order chi connectivity index (χ0) is 21.4. The molecule has 6 nitrogen and oxygen atoms in total. The molecule has 0 aliphatic rings. The first-order valence-corrected chi connectivity index (χ1v) is 9.75. The number of hydrogen-bond donors (Lipinski definition) is 3. The van der Waals surface area contributed by atoms with Crippen LogP contribution in [0.3, 0.4) is 0 Å². The Morgan fingerprint density at radius 3 is 2.48 bits per heavy atom. The fraction of sp³-hybridized carbons (Fsp3) is 0.105. The third-order valence-electron chi connectivity index (χ3n) is 3.42. The highest BCUT2D eigenvalue weighted by molar-refractivity contribution is 7.80. The average molecular weight is 473 g/mol. The molecule has 1 unspecified atom stereocenters. The molecule has 0 saturated heterocycles. The number of nitrogens with one attached hydrogen (secondary N) is 3. The van der Waals surface area contributed by atoms with E-state index in [1.807, 2.05) is 0 Å². The van der Waals surface area contributed by atoms with Gasteiger partial charge in [0.25, 0.3) is 5.91 Å². The molecule has 0 aliphatic heterocycles. The van der Waals surface area contributed by atoms with Crippen molar-refractivity contribution in [2.75, 3.05) is 0 Å². The van der Waals surface area contributed by atoms with E-state index in [0.29, 0.717) is 21.4 Å². The fourth-order valence-corrected chi connectivity index (χ4v) is 2.80. The fourth-order valence-electron chi connectivity index (χ4n) is 2.00. The van der Waals surface area contributed by atoms with Crippen LogP contribution in [-0.2, 0) is 9.59 Å². The molecule has 0 radical (unpaired) electrons. The summed E-state index contributed by atoms with van der Waals surface area (Å²) in [5.74, 6) is -0.715. The first kappa shape index (κ1) is 23.0. The van der Waals surface area contributed by atoms with Crippen molar-refractivity contribution in [1.82, 2.24) is 16.2 Å². The van der Waals surface area contributed by atoms with E-state index in [-0.39, 0.29) is 10.1 Å². The van der Waals surface area contributed by atoms with Gasteiger partial charge in [-0.15, -0.1) is 0 Å². The van der Waals surface area contributed by atoms with Crippen molar-refractivity contribution in [3.8, 4) is 5.75 Å². The summed E-state index contributed by atoms with van der Waals surface area (Å²) in [5, 5.41) is 3.53. The molecule has 2 rings (SSSR count). The van der Waals surface area contributed by atoms with Crippen LogP contribution in [0.1, 0.15) is 12.5 Å². The average Bonchev–Trinajstić information content (AvgIpc) is 2.67. The van der Waals surface area contributed by atoms with Crippen LogP contribution >= 0.6 is 47.0 Å². The van der Waals surface area contributed by atoms with Crippen molar-refractivity contribution in [3.63, 3.8) is 0 Å². The van der Waals surface area contributed by atoms with Crippen LogP contribution in [-0.4, -0.2) is 23.0 Å². The maximum Gasteiger partial charge on any atom is 0.279 e. The Morgan fingerprint density at radius 2 is 1.79 bits per heavy atom. The number of carbonyl (C=O) groups excluding carboxylic acids is 2. The van der Waals surface area contributed by atoms with E-state index in [9.17, 15) is 9.59 Å². The molecular weight excluding hydrogens is 457 g/mol. The Hall–Kier alpha value is -2.32. The first-order chi connectivity index (χ1) is 13.8. The van der Waals surface area contributed by atoms with E-state index in [1.54, 1.807) is 42.5 Å². The second-order valence-corrected chi connectivity index (χ2v) is 7.28. The maximum atomic E-state index is 12.1. The SMILES string of the molecule is CC(Oc1ccc(Cl)cc1Cl)C(=O)NNC(=S)NC(=O)C=Cc1ccccc1Cl. The number of halogens is 3. The molecule has 1 atom stereocenters. The monoisotopic (exact) mass is 471 g/mol. The highest BCUT2D eigenvalue weighted by atomic mass is 35.5. The summed E-state index contributed by atoms with van der Waals surface area (Å²) in [4.78, 5) is 24.0. The van der Waals surface area contributed by atoms with Crippen LogP contribution in [0, 0.1) is 0 Å². The molecule has 0 heterocycles. The first-order valence-electron chi connectivity index (χ1n) is 8.21. The lowest BCUT2D eigenvalue weighted by molar-refractivity contribution is -0.128. The summed E-state index contributed by atoms with van der Waals surface area (Å²) in [5.41, 5.74) is 5.44. The smallest absolute Gasteiger partial charge is 0.279 e. The number of hydrazine groups is 1. The van der Waals surface area contributed by atoms with Gasteiger partial charge in [-0.1, -0.05) is 53.0 Å². The van der Waals surface area contributed by atoms with Gasteiger partial charge in [-0.25, -0.2) is 0 Å². The van der Waals surface area contributed by atoms with Crippen molar-refractivity contribution in [3.05, 3.63) is 69.2 Å². The van der Waals surface area contributed by atoms with Gasteiger partial charge in [0, 0.05) is 16.1 Å². The van der Waals surface area contributed by atoms with Crippen LogP contribution in [0.15, 0.2) is 48.5 Å². The van der Waals surface area contributed by atoms with E-state index in [1.165, 1.54) is 19.1 Å². The molecule has 0 aliphatic carbocycles. The van der Waals surface area contributed by atoms with Crippen LogP contribution < -0.4 is 20.9 Å². The molecule has 2 amide bonds. The second-order valence-electron chi connectivity index (χ2n) is 5.62. The number of benzene rings is 2. The van der Waals surface area contributed by atoms with Gasteiger partial charge in [0.05, 0.1) is 5.02 Å². The Morgan fingerprint density at radius 1 is 1.07 bits per heavy atom. The van der Waals surface area contributed by atoms with Crippen LogP contribution in [0.25, 0.3) is 6.08 Å². The molecule has 0 fully saturated rings. The predicted octanol–water partition coefficient (Wildman–Crippen LogP) is 4.15. The minimum absolute atomic E-state index is 0.0936. The van der Waals surface area contributed by atoms with Crippen LogP contribution in [0.4, 0.5) is 0 Å². The Kier molecular flexibility index (Phi) is 8.72. The van der Waals surface area contributed by atoms with Gasteiger partial charge in [-0.05, 0) is 55.0 Å². The number of rotatable bonds is 5. The number of thiocarbonyl (C=S) groups is 1. The minimum Gasteiger partial charge on any atom is -0.479 e. The molecule has 2 aromatic rings. The summed E-state index contributed by atoms with van der Waals surface area (Å²) in [6, 6.07) is 11.7. The van der Waals surface area contributed by atoms with Crippen molar-refractivity contribution >= 4 is 70.0 Å². The number of carbonyl (C=O) groups is 2. The molecule has 0 bridgehead atoms. The topological polar surface area (TPSA) is 79.5 Å². The molecule has 152 valence electrons. The molecule has 0 aromatic heterocycles. The highest BCUT2D eigenvalue weighted by Gasteiger charge is 2.16. The molecule has 10 heteroatoms. The van der Waals surface area contributed by atoms with Crippen LogP contribution in [0.5, 0.6) is 5.75 Å². The van der Waals surface area contributed by atoms with Gasteiger partial charge in [0.2, 0.25) is 5.91 Å². The van der Waals surface area contributed by atoms with Crippen molar-refractivity contribution in [2.45, 2.75) is 13.0 Å². The summed E-state index contributed by atoms with van der Waals surface area (Å²) in [6.07, 6.45) is 1.93. The third-order valence-corrected chi connectivity index (χ3v) is 4.50. The van der Waals surface area contributed by atoms with Gasteiger partial charge >= 0.3 is 0 Å². The zero-order valence-corrected chi connectivity index (χ0v) is 18.1. The molecule has 3 N–H and O–H groups in total. The number of amides is 2. The lowest BCUT2D eigenvalue weighted by Gasteiger charge is -2.16. The second kappa shape index (κ2) is 11.0. The zero-order valence-electron chi connectivity index (χ0n) is 15.0. The van der Waals surface area contributed by atoms with E-state index in [4.69, 9.17) is 51.8 Å². The molecular formula is C19H16Cl3N3O3S. The van der Waals surface area contributed by atoms with E-state index >= 15 is 0 Å². The lowest BCUT2D eigenvalue weighted by atomic mass is 10.2. The van der Waals surface area contributed by atoms with Crippen molar-refractivity contribution in [2.24, 2.45) is 0 Å². The summed E-state index contributed by atoms with van der Waals surface area (Å²) in [7, 11) is 0. The van der Waals surface area contributed by atoms with E-state index in [2.05, 4.69) is 16.2 Å². The van der Waals surface area contributed by atoms with E-state index in [0.717, 1.165) is 0 Å². The number of hydrogen-bond acceptors (Lipinski definition) is 4. The van der Waals surface area contributed by atoms with Gasteiger partial charge in [0.1, 0.15) is 5.75 Å². The Labute approximate surface area is 188 Å². The van der Waals surface area contributed by atoms with Gasteiger partial charge in [-0.3, -0.25) is 25.8 Å². The molecule has 29 heavy (non-hydrogen) atoms. The molecule has 0 spiro atoms. The minimum atomic E-state index is -0.889.